The average molecular weight is 424 g/mol. The molecule has 0 aliphatic heterocycles. The van der Waals surface area contributed by atoms with Crippen molar-refractivity contribution < 1.29 is 4.79 Å². The second kappa shape index (κ2) is 8.79. The summed E-state index contributed by atoms with van der Waals surface area (Å²) in [5.41, 5.74) is 2.04. The lowest BCUT2D eigenvalue weighted by molar-refractivity contribution is -0.121. The summed E-state index contributed by atoms with van der Waals surface area (Å²) >= 11 is 1.42. The van der Waals surface area contributed by atoms with E-state index in [2.05, 4.69) is 27.6 Å². The molecule has 3 heterocycles. The maximum absolute atomic E-state index is 12.6. The first-order valence-electron chi connectivity index (χ1n) is 10.3. The molecule has 0 aliphatic rings. The van der Waals surface area contributed by atoms with E-state index in [1.54, 1.807) is 4.57 Å². The molecule has 0 spiro atoms. The van der Waals surface area contributed by atoms with Crippen LogP contribution in [0.3, 0.4) is 0 Å². The average Bonchev–Trinajstić information content (AvgIpc) is 3.39. The lowest BCUT2D eigenvalue weighted by atomic mass is 10.1. The van der Waals surface area contributed by atoms with Crippen LogP contribution >= 0.6 is 11.3 Å². The minimum Gasteiger partial charge on any atom is -0.354 e. The Kier molecular flexibility index (Phi) is 5.94. The van der Waals surface area contributed by atoms with E-state index in [1.165, 1.54) is 16.9 Å². The van der Waals surface area contributed by atoms with Crippen LogP contribution < -0.4 is 10.9 Å². The third kappa shape index (κ3) is 4.00. The second-order valence-electron chi connectivity index (χ2n) is 7.43. The molecule has 0 aliphatic carbocycles. The fourth-order valence-corrected chi connectivity index (χ4v) is 4.52. The highest BCUT2D eigenvalue weighted by atomic mass is 32.1. The number of hydrogen-bond acceptors (Lipinski definition) is 5. The Morgan fingerprint density at radius 2 is 1.97 bits per heavy atom. The number of aryl methyl sites for hydroxylation is 3. The van der Waals surface area contributed by atoms with E-state index in [4.69, 9.17) is 0 Å². The number of nitrogens with zero attached hydrogens (tertiary/aromatic N) is 4. The van der Waals surface area contributed by atoms with E-state index < -0.39 is 0 Å². The van der Waals surface area contributed by atoms with Crippen LogP contribution in [-0.2, 0) is 24.2 Å². The van der Waals surface area contributed by atoms with E-state index in [1.807, 2.05) is 47.9 Å². The smallest absolute Gasteiger partial charge is 0.272 e. The standard InChI is InChI=1S/C22H25N5O2S/c1-3-26-21(29)20-17(13-14-30-20)27-18(24-25-22(26)27)11-12-19(28)23-15(2)9-10-16-7-5-4-6-8-16/h4-8,13-15H,3,9-12H2,1-2H3,(H,23,28)/t15-/m1/s1. The van der Waals surface area contributed by atoms with Gasteiger partial charge in [-0.1, -0.05) is 30.3 Å². The number of thiophene rings is 1. The van der Waals surface area contributed by atoms with Crippen LogP contribution in [-0.4, -0.2) is 31.1 Å². The molecule has 3 aromatic heterocycles. The van der Waals surface area contributed by atoms with Crippen LogP contribution in [0.1, 0.15) is 38.1 Å². The molecule has 1 N–H and O–H groups in total. The van der Waals surface area contributed by atoms with Gasteiger partial charge in [-0.15, -0.1) is 21.5 Å². The minimum atomic E-state index is -0.0427. The molecule has 0 saturated heterocycles. The van der Waals surface area contributed by atoms with E-state index in [-0.39, 0.29) is 17.5 Å². The van der Waals surface area contributed by atoms with Gasteiger partial charge >= 0.3 is 0 Å². The summed E-state index contributed by atoms with van der Waals surface area (Å²) < 4.78 is 4.22. The number of carbonyl (C=O) groups is 1. The first-order chi connectivity index (χ1) is 14.6. The fourth-order valence-electron chi connectivity index (χ4n) is 3.70. The molecular weight excluding hydrogens is 398 g/mol. The van der Waals surface area contributed by atoms with E-state index in [9.17, 15) is 9.59 Å². The maximum Gasteiger partial charge on any atom is 0.272 e. The molecule has 1 amide bonds. The van der Waals surface area contributed by atoms with Gasteiger partial charge < -0.3 is 5.32 Å². The van der Waals surface area contributed by atoms with E-state index >= 15 is 0 Å². The van der Waals surface area contributed by atoms with Crippen molar-refractivity contribution in [3.8, 4) is 0 Å². The fraction of sp³-hybridized carbons (Fsp3) is 0.364. The van der Waals surface area contributed by atoms with E-state index in [0.717, 1.165) is 18.4 Å². The molecule has 4 aromatic rings. The van der Waals surface area contributed by atoms with Gasteiger partial charge in [0.2, 0.25) is 11.7 Å². The minimum absolute atomic E-state index is 0.00214. The number of nitrogens with one attached hydrogen (secondary N) is 1. The van der Waals surface area contributed by atoms with Gasteiger partial charge in [0.1, 0.15) is 10.5 Å². The zero-order chi connectivity index (χ0) is 21.1. The van der Waals surface area contributed by atoms with Gasteiger partial charge in [0.25, 0.3) is 5.56 Å². The van der Waals surface area contributed by atoms with Crippen molar-refractivity contribution in [2.45, 2.75) is 52.1 Å². The Labute approximate surface area is 178 Å². The number of amides is 1. The van der Waals surface area contributed by atoms with Crippen molar-refractivity contribution >= 4 is 33.2 Å². The molecular formula is C22H25N5O2S. The van der Waals surface area contributed by atoms with Gasteiger partial charge in [0.05, 0.1) is 5.52 Å². The third-order valence-corrected chi connectivity index (χ3v) is 6.18. The Bertz CT molecular complexity index is 1230. The Morgan fingerprint density at radius 1 is 1.17 bits per heavy atom. The Balaban J connectivity index is 1.43. The summed E-state index contributed by atoms with van der Waals surface area (Å²) in [5.74, 6) is 1.22. The van der Waals surface area contributed by atoms with Crippen molar-refractivity contribution in [2.75, 3.05) is 0 Å². The number of carbonyl (C=O) groups excluding carboxylic acids is 1. The highest BCUT2D eigenvalue weighted by Gasteiger charge is 2.17. The van der Waals surface area contributed by atoms with Crippen LogP contribution in [0.15, 0.2) is 46.6 Å². The highest BCUT2D eigenvalue weighted by Crippen LogP contribution is 2.20. The third-order valence-electron chi connectivity index (χ3n) is 5.29. The summed E-state index contributed by atoms with van der Waals surface area (Å²) in [6.07, 6.45) is 2.61. The predicted molar refractivity (Wildman–Crippen MR) is 119 cm³/mol. The summed E-state index contributed by atoms with van der Waals surface area (Å²) in [5, 5.41) is 13.5. The van der Waals surface area contributed by atoms with Gasteiger partial charge in [0, 0.05) is 25.4 Å². The van der Waals surface area contributed by atoms with Gasteiger partial charge in [-0.2, -0.15) is 0 Å². The first-order valence-corrected chi connectivity index (χ1v) is 11.1. The molecule has 156 valence electrons. The highest BCUT2D eigenvalue weighted by molar-refractivity contribution is 7.17. The number of rotatable bonds is 8. The molecule has 30 heavy (non-hydrogen) atoms. The van der Waals surface area contributed by atoms with E-state index in [0.29, 0.717) is 35.7 Å². The maximum atomic E-state index is 12.6. The lowest BCUT2D eigenvalue weighted by Gasteiger charge is -2.14. The summed E-state index contributed by atoms with van der Waals surface area (Å²) in [6, 6.07) is 12.3. The van der Waals surface area contributed by atoms with Crippen LogP contribution in [0.25, 0.3) is 16.0 Å². The quantitative estimate of drug-likeness (QED) is 0.472. The van der Waals surface area contributed by atoms with Gasteiger partial charge in [0.15, 0.2) is 0 Å². The zero-order valence-corrected chi connectivity index (χ0v) is 18.0. The first kappa shape index (κ1) is 20.3. The molecule has 4 rings (SSSR count). The zero-order valence-electron chi connectivity index (χ0n) is 17.2. The molecule has 0 bridgehead atoms. The molecule has 0 fully saturated rings. The van der Waals surface area contributed by atoms with Crippen LogP contribution in [0.5, 0.6) is 0 Å². The normalized spacial score (nSPS) is 12.5. The van der Waals surface area contributed by atoms with Gasteiger partial charge in [-0.3, -0.25) is 18.6 Å². The van der Waals surface area contributed by atoms with Crippen LogP contribution in [0.2, 0.25) is 0 Å². The summed E-state index contributed by atoms with van der Waals surface area (Å²) in [7, 11) is 0. The van der Waals surface area contributed by atoms with Crippen molar-refractivity contribution in [1.82, 2.24) is 24.5 Å². The molecule has 1 atom stereocenters. The van der Waals surface area contributed by atoms with Crippen molar-refractivity contribution in [3.63, 3.8) is 0 Å². The SMILES string of the molecule is CCn1c(=O)c2sccc2n2c(CCC(=O)N[C@H](C)CCc3ccccc3)nnc12. The van der Waals surface area contributed by atoms with Crippen molar-refractivity contribution in [3.05, 3.63) is 63.5 Å². The predicted octanol–water partition coefficient (Wildman–Crippen LogP) is 3.20. The molecule has 0 unspecified atom stereocenters. The largest absolute Gasteiger partial charge is 0.354 e. The van der Waals surface area contributed by atoms with Crippen molar-refractivity contribution in [1.29, 1.82) is 0 Å². The monoisotopic (exact) mass is 423 g/mol. The number of hydrogen-bond donors (Lipinski definition) is 1. The topological polar surface area (TPSA) is 81.3 Å². The summed E-state index contributed by atoms with van der Waals surface area (Å²) in [6.45, 7) is 4.47. The molecule has 0 saturated carbocycles. The van der Waals surface area contributed by atoms with Crippen molar-refractivity contribution in [2.24, 2.45) is 0 Å². The van der Waals surface area contributed by atoms with Gasteiger partial charge in [-0.25, -0.2) is 0 Å². The number of aromatic nitrogens is 4. The van der Waals surface area contributed by atoms with Crippen LogP contribution in [0, 0.1) is 0 Å². The number of fused-ring (bicyclic) bond motifs is 3. The van der Waals surface area contributed by atoms with Gasteiger partial charge in [-0.05, 0) is 43.7 Å². The molecule has 7 nitrogen and oxygen atoms in total. The summed E-state index contributed by atoms with van der Waals surface area (Å²) in [4.78, 5) is 25.1. The lowest BCUT2D eigenvalue weighted by Crippen LogP contribution is -2.33. The second-order valence-corrected chi connectivity index (χ2v) is 8.34. The number of benzene rings is 1. The van der Waals surface area contributed by atoms with Crippen LogP contribution in [0.4, 0.5) is 0 Å². The Morgan fingerprint density at radius 3 is 2.73 bits per heavy atom. The Hall–Kier alpha value is -3.00. The molecule has 1 aromatic carbocycles. The molecule has 8 heteroatoms. The molecule has 0 radical (unpaired) electrons.